The van der Waals surface area contributed by atoms with Gasteiger partial charge < -0.3 is 8.98 Å². The number of fused-ring (bicyclic) bond motifs is 6. The van der Waals surface area contributed by atoms with Gasteiger partial charge in [0.25, 0.3) is 0 Å². The highest BCUT2D eigenvalue weighted by atomic mass is 16.3. The second-order valence-corrected chi connectivity index (χ2v) is 11.8. The Morgan fingerprint density at radius 1 is 0.500 bits per heavy atom. The van der Waals surface area contributed by atoms with Crippen molar-refractivity contribution in [3.05, 3.63) is 157 Å². The number of nitrogens with zero attached hydrogens (tertiary/aromatic N) is 4. The quantitative estimate of drug-likeness (QED) is 0.198. The normalized spacial score (nSPS) is 11.3. The second kappa shape index (κ2) is 10.8. The van der Waals surface area contributed by atoms with Gasteiger partial charge in [-0.1, -0.05) is 66.7 Å². The molecule has 0 N–H and O–H groups in total. The van der Waals surface area contributed by atoms with Crippen molar-refractivity contribution >= 4 is 43.7 Å². The molecule has 0 spiro atoms. The Morgan fingerprint density at radius 3 is 2.15 bits per heavy atom. The van der Waals surface area contributed by atoms with Crippen molar-refractivity contribution in [1.82, 2.24) is 9.55 Å². The highest BCUT2D eigenvalue weighted by molar-refractivity contribution is 6.10. The Balaban J connectivity index is 1.31. The number of furan rings is 1. The summed E-state index contributed by atoms with van der Waals surface area (Å²) in [5.74, 6) is 0. The van der Waals surface area contributed by atoms with E-state index in [1.807, 2.05) is 97.1 Å². The van der Waals surface area contributed by atoms with Gasteiger partial charge in [-0.15, -0.1) is 0 Å². The van der Waals surface area contributed by atoms with Crippen LogP contribution < -0.4 is 0 Å². The standard InChI is InChI=1S/C43H24N4O/c44-25-27-16-18-41-36(20-27)34-10-3-5-14-40(34)47(41)32-22-30(28-17-19-43-37(24-28)35-11-4-6-15-42(35)48-43)21-31(23-32)38-12-7-13-39(46-38)33-9-2-1-8-29(33)26-45/h1-24H. The molecular formula is C43H24N4O. The van der Waals surface area contributed by atoms with Crippen LogP contribution in [0.1, 0.15) is 11.1 Å². The van der Waals surface area contributed by atoms with Gasteiger partial charge in [-0.25, -0.2) is 4.98 Å². The lowest BCUT2D eigenvalue weighted by Crippen LogP contribution is -1.97. The summed E-state index contributed by atoms with van der Waals surface area (Å²) in [6.45, 7) is 0. The Hall–Kier alpha value is -6.95. The van der Waals surface area contributed by atoms with Gasteiger partial charge >= 0.3 is 0 Å². The van der Waals surface area contributed by atoms with Crippen LogP contribution in [0.25, 0.3) is 83.1 Å². The van der Waals surface area contributed by atoms with Crippen LogP contribution in [-0.4, -0.2) is 9.55 Å². The van der Waals surface area contributed by atoms with E-state index in [4.69, 9.17) is 9.40 Å². The highest BCUT2D eigenvalue weighted by Gasteiger charge is 2.17. The van der Waals surface area contributed by atoms with Gasteiger partial charge in [-0.2, -0.15) is 10.5 Å². The average Bonchev–Trinajstić information content (AvgIpc) is 3.69. The molecule has 0 atom stereocenters. The lowest BCUT2D eigenvalue weighted by atomic mass is 9.98. The molecule has 9 aromatic rings. The molecule has 3 heterocycles. The average molecular weight is 613 g/mol. The molecule has 5 heteroatoms. The molecule has 3 aromatic heterocycles. The number of rotatable bonds is 4. The molecular weight excluding hydrogens is 589 g/mol. The molecule has 5 nitrogen and oxygen atoms in total. The van der Waals surface area contributed by atoms with E-state index in [2.05, 4.69) is 65.2 Å². The van der Waals surface area contributed by atoms with Crippen LogP contribution in [-0.2, 0) is 0 Å². The number of pyridine rings is 1. The van der Waals surface area contributed by atoms with Crippen molar-refractivity contribution in [1.29, 1.82) is 10.5 Å². The molecule has 0 saturated heterocycles. The molecule has 48 heavy (non-hydrogen) atoms. The van der Waals surface area contributed by atoms with Gasteiger partial charge in [0, 0.05) is 38.4 Å². The monoisotopic (exact) mass is 612 g/mol. The van der Waals surface area contributed by atoms with E-state index < -0.39 is 0 Å². The maximum atomic E-state index is 9.80. The SMILES string of the molecule is N#Cc1ccc2c(c1)c1ccccc1n2-c1cc(-c2ccc3oc4ccccc4c3c2)cc(-c2cccc(-c3ccccc3C#N)n2)c1. The predicted octanol–water partition coefficient (Wildman–Crippen LogP) is 10.8. The van der Waals surface area contributed by atoms with Crippen molar-refractivity contribution in [3.63, 3.8) is 0 Å². The number of hydrogen-bond donors (Lipinski definition) is 0. The number of benzene rings is 6. The Morgan fingerprint density at radius 2 is 1.25 bits per heavy atom. The maximum Gasteiger partial charge on any atom is 0.135 e. The number of nitriles is 2. The lowest BCUT2D eigenvalue weighted by molar-refractivity contribution is 0.669. The summed E-state index contributed by atoms with van der Waals surface area (Å²) in [5.41, 5.74) is 11.3. The van der Waals surface area contributed by atoms with E-state index in [9.17, 15) is 10.5 Å². The third-order valence-corrected chi connectivity index (χ3v) is 9.06. The molecule has 6 aromatic carbocycles. The summed E-state index contributed by atoms with van der Waals surface area (Å²) in [6.07, 6.45) is 0. The first-order chi connectivity index (χ1) is 23.7. The third kappa shape index (κ3) is 4.35. The molecule has 0 aliphatic heterocycles. The van der Waals surface area contributed by atoms with Crippen LogP contribution in [0.2, 0.25) is 0 Å². The fourth-order valence-electron chi connectivity index (χ4n) is 6.83. The molecule has 0 aliphatic carbocycles. The molecule has 9 rings (SSSR count). The smallest absolute Gasteiger partial charge is 0.135 e. The fraction of sp³-hybridized carbons (Fsp3) is 0. The first-order valence-electron chi connectivity index (χ1n) is 15.7. The van der Waals surface area contributed by atoms with E-state index >= 15 is 0 Å². The zero-order valence-electron chi connectivity index (χ0n) is 25.6. The van der Waals surface area contributed by atoms with Gasteiger partial charge in [0.1, 0.15) is 11.2 Å². The molecule has 0 saturated carbocycles. The third-order valence-electron chi connectivity index (χ3n) is 9.06. The number of hydrogen-bond acceptors (Lipinski definition) is 4. The first kappa shape index (κ1) is 27.4. The topological polar surface area (TPSA) is 78.5 Å². The zero-order chi connectivity index (χ0) is 32.2. The van der Waals surface area contributed by atoms with Crippen LogP contribution in [0.4, 0.5) is 0 Å². The second-order valence-electron chi connectivity index (χ2n) is 11.8. The Kier molecular flexibility index (Phi) is 6.18. The van der Waals surface area contributed by atoms with Crippen LogP contribution >= 0.6 is 0 Å². The maximum absolute atomic E-state index is 9.80. The molecule has 0 unspecified atom stereocenters. The van der Waals surface area contributed by atoms with Gasteiger partial charge in [-0.3, -0.25) is 0 Å². The van der Waals surface area contributed by atoms with Crippen LogP contribution in [0, 0.1) is 22.7 Å². The van der Waals surface area contributed by atoms with Crippen LogP contribution in [0.5, 0.6) is 0 Å². The van der Waals surface area contributed by atoms with E-state index in [1.165, 1.54) is 0 Å². The van der Waals surface area contributed by atoms with Gasteiger partial charge in [-0.05, 0) is 90.0 Å². The molecule has 0 aliphatic rings. The van der Waals surface area contributed by atoms with E-state index in [1.54, 1.807) is 0 Å². The highest BCUT2D eigenvalue weighted by Crippen LogP contribution is 2.38. The molecule has 222 valence electrons. The minimum Gasteiger partial charge on any atom is -0.456 e. The summed E-state index contributed by atoms with van der Waals surface area (Å²) < 4.78 is 8.41. The number of aromatic nitrogens is 2. The van der Waals surface area contributed by atoms with Crippen molar-refractivity contribution in [2.24, 2.45) is 0 Å². The van der Waals surface area contributed by atoms with Gasteiger partial charge in [0.05, 0.1) is 45.7 Å². The molecule has 0 fully saturated rings. The fourth-order valence-corrected chi connectivity index (χ4v) is 6.83. The van der Waals surface area contributed by atoms with Crippen LogP contribution in [0.3, 0.4) is 0 Å². The lowest BCUT2D eigenvalue weighted by Gasteiger charge is -2.14. The summed E-state index contributed by atoms with van der Waals surface area (Å²) in [5, 5.41) is 23.7. The largest absolute Gasteiger partial charge is 0.456 e. The van der Waals surface area contributed by atoms with Crippen molar-refractivity contribution < 1.29 is 4.42 Å². The Labute approximate surface area is 275 Å². The minimum absolute atomic E-state index is 0.583. The zero-order valence-corrected chi connectivity index (χ0v) is 25.6. The van der Waals surface area contributed by atoms with E-state index in [-0.39, 0.29) is 0 Å². The van der Waals surface area contributed by atoms with Crippen molar-refractivity contribution in [3.8, 4) is 51.5 Å². The van der Waals surface area contributed by atoms with Crippen molar-refractivity contribution in [2.45, 2.75) is 0 Å². The molecule has 0 bridgehead atoms. The molecule has 0 amide bonds. The summed E-state index contributed by atoms with van der Waals surface area (Å²) in [7, 11) is 0. The first-order valence-corrected chi connectivity index (χ1v) is 15.7. The Bertz CT molecular complexity index is 2820. The predicted molar refractivity (Wildman–Crippen MR) is 192 cm³/mol. The number of para-hydroxylation sites is 2. The van der Waals surface area contributed by atoms with Gasteiger partial charge in [0.15, 0.2) is 0 Å². The summed E-state index contributed by atoms with van der Waals surface area (Å²) in [6, 6.07) is 53.3. The minimum atomic E-state index is 0.583. The molecule has 0 radical (unpaired) electrons. The van der Waals surface area contributed by atoms with Crippen molar-refractivity contribution in [2.75, 3.05) is 0 Å². The summed E-state index contributed by atoms with van der Waals surface area (Å²) >= 11 is 0. The van der Waals surface area contributed by atoms with E-state index in [0.717, 1.165) is 83.1 Å². The summed E-state index contributed by atoms with van der Waals surface area (Å²) in [4.78, 5) is 5.10. The van der Waals surface area contributed by atoms with E-state index in [0.29, 0.717) is 11.1 Å². The van der Waals surface area contributed by atoms with Gasteiger partial charge in [0.2, 0.25) is 0 Å². The van der Waals surface area contributed by atoms with Crippen LogP contribution in [0.15, 0.2) is 150 Å².